The molecule has 7 heteroatoms. The molecule has 88 valence electrons. The Balaban J connectivity index is 1.92. The summed E-state index contributed by atoms with van der Waals surface area (Å²) in [6.07, 6.45) is 1.77. The minimum atomic E-state index is 0.151. The zero-order chi connectivity index (χ0) is 11.5. The Labute approximate surface area is 106 Å². The molecule has 1 amide bonds. The molecular weight excluding hydrogens is 292 g/mol. The van der Waals surface area contributed by atoms with Gasteiger partial charge in [0.05, 0.1) is 0 Å². The Morgan fingerprint density at radius 1 is 1.50 bits per heavy atom. The molecule has 2 rings (SSSR count). The molecule has 1 aliphatic heterocycles. The van der Waals surface area contributed by atoms with Crippen LogP contribution in [-0.4, -0.2) is 36.2 Å². The summed E-state index contributed by atoms with van der Waals surface area (Å²) in [6, 6.07) is 0. The maximum absolute atomic E-state index is 11.5. The molecule has 0 radical (unpaired) electrons. The largest absolute Gasteiger partial charge is 0.359 e. The van der Waals surface area contributed by atoms with Crippen LogP contribution in [0.15, 0.2) is 3.92 Å². The monoisotopic (exact) mass is 304 g/mol. The van der Waals surface area contributed by atoms with Crippen LogP contribution in [0.25, 0.3) is 0 Å². The van der Waals surface area contributed by atoms with Gasteiger partial charge >= 0.3 is 0 Å². The molecule has 0 unspecified atom stereocenters. The van der Waals surface area contributed by atoms with Gasteiger partial charge in [0.1, 0.15) is 0 Å². The second-order valence-electron chi connectivity index (χ2n) is 3.71. The third-order valence-corrected chi connectivity index (χ3v) is 4.19. The number of hydrogen-bond donors (Lipinski definition) is 1. The summed E-state index contributed by atoms with van der Waals surface area (Å²) in [4.78, 5) is 13.6. The Hall–Kier alpha value is -0.690. The standard InChI is InChI=1S/C9H13BrN4OS/c1-11-7(15)6-2-4-14(5-3-6)9-13-12-8(10)16-9/h6H,2-5H2,1H3,(H,11,15). The molecule has 1 N–H and O–H groups in total. The van der Waals surface area contributed by atoms with E-state index in [1.165, 1.54) is 11.3 Å². The number of amides is 1. The van der Waals surface area contributed by atoms with Crippen LogP contribution < -0.4 is 10.2 Å². The quantitative estimate of drug-likeness (QED) is 0.894. The van der Waals surface area contributed by atoms with Gasteiger partial charge in [0.25, 0.3) is 0 Å². The molecule has 1 fully saturated rings. The number of carbonyl (C=O) groups is 1. The smallest absolute Gasteiger partial charge is 0.222 e. The van der Waals surface area contributed by atoms with Gasteiger partial charge in [-0.05, 0) is 28.8 Å². The lowest BCUT2D eigenvalue weighted by Crippen LogP contribution is -2.39. The lowest BCUT2D eigenvalue weighted by atomic mass is 9.96. The highest BCUT2D eigenvalue weighted by Gasteiger charge is 2.25. The second kappa shape index (κ2) is 5.09. The van der Waals surface area contributed by atoms with Gasteiger partial charge in [0, 0.05) is 26.1 Å². The summed E-state index contributed by atoms with van der Waals surface area (Å²) in [7, 11) is 1.69. The van der Waals surface area contributed by atoms with Gasteiger partial charge in [-0.25, -0.2) is 0 Å². The molecule has 1 saturated heterocycles. The molecule has 0 saturated carbocycles. The molecule has 0 atom stereocenters. The van der Waals surface area contributed by atoms with Gasteiger partial charge in [-0.15, -0.1) is 10.2 Å². The Kier molecular flexibility index (Phi) is 3.75. The van der Waals surface area contributed by atoms with Gasteiger partial charge in [0.15, 0.2) is 3.92 Å². The van der Waals surface area contributed by atoms with E-state index in [-0.39, 0.29) is 11.8 Å². The molecule has 1 aromatic rings. The molecule has 1 aromatic heterocycles. The van der Waals surface area contributed by atoms with Crippen LogP contribution in [0.2, 0.25) is 0 Å². The van der Waals surface area contributed by atoms with Crippen molar-refractivity contribution in [1.82, 2.24) is 15.5 Å². The topological polar surface area (TPSA) is 58.1 Å². The highest BCUT2D eigenvalue weighted by molar-refractivity contribution is 9.11. The zero-order valence-electron chi connectivity index (χ0n) is 8.94. The maximum Gasteiger partial charge on any atom is 0.222 e. The average Bonchev–Trinajstić information content (AvgIpc) is 2.75. The first-order valence-corrected chi connectivity index (χ1v) is 6.77. The first kappa shape index (κ1) is 11.8. The third kappa shape index (κ3) is 2.52. The summed E-state index contributed by atoms with van der Waals surface area (Å²) in [5.41, 5.74) is 0. The van der Waals surface area contributed by atoms with Crippen LogP contribution in [0.1, 0.15) is 12.8 Å². The van der Waals surface area contributed by atoms with E-state index in [1.807, 2.05) is 0 Å². The van der Waals surface area contributed by atoms with Gasteiger partial charge in [-0.2, -0.15) is 0 Å². The first-order valence-electron chi connectivity index (χ1n) is 5.16. The van der Waals surface area contributed by atoms with Crippen molar-refractivity contribution in [2.75, 3.05) is 25.0 Å². The molecule has 1 aliphatic rings. The van der Waals surface area contributed by atoms with E-state index in [9.17, 15) is 4.79 Å². The lowest BCUT2D eigenvalue weighted by molar-refractivity contribution is -0.125. The van der Waals surface area contributed by atoms with Crippen molar-refractivity contribution < 1.29 is 4.79 Å². The van der Waals surface area contributed by atoms with Crippen molar-refractivity contribution in [3.05, 3.63) is 3.92 Å². The highest BCUT2D eigenvalue weighted by atomic mass is 79.9. The normalized spacial score (nSPS) is 17.5. The van der Waals surface area contributed by atoms with E-state index in [4.69, 9.17) is 0 Å². The van der Waals surface area contributed by atoms with E-state index in [1.54, 1.807) is 7.05 Å². The third-order valence-electron chi connectivity index (χ3n) is 2.77. The van der Waals surface area contributed by atoms with Crippen LogP contribution >= 0.6 is 27.3 Å². The number of nitrogens with one attached hydrogen (secondary N) is 1. The van der Waals surface area contributed by atoms with Crippen molar-refractivity contribution in [3.63, 3.8) is 0 Å². The van der Waals surface area contributed by atoms with Crippen molar-refractivity contribution in [1.29, 1.82) is 0 Å². The first-order chi connectivity index (χ1) is 7.70. The van der Waals surface area contributed by atoms with Gasteiger partial charge in [-0.3, -0.25) is 4.79 Å². The molecule has 0 spiro atoms. The lowest BCUT2D eigenvalue weighted by Gasteiger charge is -2.30. The summed E-state index contributed by atoms with van der Waals surface area (Å²) >= 11 is 4.83. The highest BCUT2D eigenvalue weighted by Crippen LogP contribution is 2.28. The van der Waals surface area contributed by atoms with Crippen LogP contribution in [0.5, 0.6) is 0 Å². The molecule has 0 bridgehead atoms. The fraction of sp³-hybridized carbons (Fsp3) is 0.667. The predicted molar refractivity (Wildman–Crippen MR) is 66.6 cm³/mol. The van der Waals surface area contributed by atoms with Crippen LogP contribution in [0.3, 0.4) is 0 Å². The number of halogens is 1. The van der Waals surface area contributed by atoms with Gasteiger partial charge < -0.3 is 10.2 Å². The Morgan fingerprint density at radius 3 is 2.69 bits per heavy atom. The maximum atomic E-state index is 11.5. The van der Waals surface area contributed by atoms with Gasteiger partial charge in [0.2, 0.25) is 11.0 Å². The Morgan fingerprint density at radius 2 is 2.19 bits per heavy atom. The Bertz CT molecular complexity index is 375. The number of rotatable bonds is 2. The van der Waals surface area contributed by atoms with E-state index >= 15 is 0 Å². The summed E-state index contributed by atoms with van der Waals surface area (Å²) in [5.74, 6) is 0.302. The number of anilines is 1. The van der Waals surface area contributed by atoms with Crippen molar-refractivity contribution in [3.8, 4) is 0 Å². The van der Waals surface area contributed by atoms with Crippen LogP contribution in [-0.2, 0) is 4.79 Å². The minimum Gasteiger partial charge on any atom is -0.359 e. The van der Waals surface area contributed by atoms with E-state index in [0.29, 0.717) is 0 Å². The molecule has 0 aromatic carbocycles. The summed E-state index contributed by atoms with van der Waals surface area (Å²) in [6.45, 7) is 1.75. The molecule has 2 heterocycles. The SMILES string of the molecule is CNC(=O)C1CCN(c2nnc(Br)s2)CC1. The number of nitrogens with zero attached hydrogens (tertiary/aromatic N) is 3. The van der Waals surface area contributed by atoms with E-state index < -0.39 is 0 Å². The van der Waals surface area contributed by atoms with E-state index in [2.05, 4.69) is 36.3 Å². The molecular formula is C9H13BrN4OS. The number of piperidine rings is 1. The van der Waals surface area contributed by atoms with Crippen molar-refractivity contribution >= 4 is 38.3 Å². The zero-order valence-corrected chi connectivity index (χ0v) is 11.3. The predicted octanol–water partition coefficient (Wildman–Crippen LogP) is 1.26. The van der Waals surface area contributed by atoms with Crippen molar-refractivity contribution in [2.45, 2.75) is 12.8 Å². The average molecular weight is 305 g/mol. The fourth-order valence-electron chi connectivity index (χ4n) is 1.86. The minimum absolute atomic E-state index is 0.151. The van der Waals surface area contributed by atoms with Crippen molar-refractivity contribution in [2.24, 2.45) is 5.92 Å². The van der Waals surface area contributed by atoms with Gasteiger partial charge in [-0.1, -0.05) is 11.3 Å². The van der Waals surface area contributed by atoms with E-state index in [0.717, 1.165) is 35.0 Å². The number of aromatic nitrogens is 2. The van der Waals surface area contributed by atoms with Crippen LogP contribution in [0.4, 0.5) is 5.13 Å². The molecule has 0 aliphatic carbocycles. The number of hydrogen-bond acceptors (Lipinski definition) is 5. The summed E-state index contributed by atoms with van der Waals surface area (Å²) < 4.78 is 0.802. The summed E-state index contributed by atoms with van der Waals surface area (Å²) in [5, 5.41) is 11.6. The number of carbonyl (C=O) groups excluding carboxylic acids is 1. The molecule has 16 heavy (non-hydrogen) atoms. The second-order valence-corrected chi connectivity index (χ2v) is 5.95. The fourth-order valence-corrected chi connectivity index (χ4v) is 3.00. The van der Waals surface area contributed by atoms with Crippen LogP contribution in [0, 0.1) is 5.92 Å². The molecule has 5 nitrogen and oxygen atoms in total.